The van der Waals surface area contributed by atoms with Crippen molar-refractivity contribution in [1.82, 2.24) is 10.3 Å². The van der Waals surface area contributed by atoms with Crippen LogP contribution in [-0.4, -0.2) is 29.1 Å². The van der Waals surface area contributed by atoms with E-state index in [0.29, 0.717) is 6.54 Å². The van der Waals surface area contributed by atoms with Gasteiger partial charge in [0.2, 0.25) is 5.91 Å². The number of aromatic nitrogens is 1. The Kier molecular flexibility index (Phi) is 3.59. The molecule has 4 nitrogen and oxygen atoms in total. The van der Waals surface area contributed by atoms with E-state index in [1.165, 1.54) is 6.08 Å². The lowest BCUT2D eigenvalue weighted by molar-refractivity contribution is -0.116. The van der Waals surface area contributed by atoms with Gasteiger partial charge in [0.15, 0.2) is 0 Å². The van der Waals surface area contributed by atoms with Crippen LogP contribution in [0, 0.1) is 12.3 Å². The second kappa shape index (κ2) is 4.98. The number of hydrogen-bond donors (Lipinski definition) is 2. The first-order chi connectivity index (χ1) is 8.13. The molecule has 92 valence electrons. The molecular weight excluding hydrogens is 236 g/mol. The molecule has 0 unspecified atom stereocenters. The highest BCUT2D eigenvalue weighted by atomic mass is 32.1. The number of aliphatic hydroxyl groups excluding tert-OH is 1. The van der Waals surface area contributed by atoms with Gasteiger partial charge in [0.25, 0.3) is 0 Å². The lowest BCUT2D eigenvalue weighted by Crippen LogP contribution is -2.30. The van der Waals surface area contributed by atoms with Crippen molar-refractivity contribution in [3.05, 3.63) is 22.2 Å². The molecule has 5 heteroatoms. The van der Waals surface area contributed by atoms with Gasteiger partial charge in [-0.1, -0.05) is 0 Å². The van der Waals surface area contributed by atoms with Gasteiger partial charge < -0.3 is 10.4 Å². The third-order valence-electron chi connectivity index (χ3n) is 2.97. The van der Waals surface area contributed by atoms with Gasteiger partial charge in [0.1, 0.15) is 0 Å². The number of aryl methyl sites for hydroxylation is 1. The Hall–Kier alpha value is -1.20. The number of hydrogen-bond acceptors (Lipinski definition) is 4. The molecule has 2 rings (SSSR count). The van der Waals surface area contributed by atoms with Crippen LogP contribution in [0.2, 0.25) is 0 Å². The van der Waals surface area contributed by atoms with Crippen LogP contribution in [-0.2, 0) is 4.79 Å². The number of amides is 1. The largest absolute Gasteiger partial charge is 0.396 e. The van der Waals surface area contributed by atoms with Crippen LogP contribution in [0.3, 0.4) is 0 Å². The molecule has 0 bridgehead atoms. The highest BCUT2D eigenvalue weighted by molar-refractivity contribution is 7.09. The Morgan fingerprint density at radius 1 is 1.71 bits per heavy atom. The summed E-state index contributed by atoms with van der Waals surface area (Å²) in [6, 6.07) is 0. The van der Waals surface area contributed by atoms with Crippen LogP contribution in [0.1, 0.15) is 23.5 Å². The second-order valence-electron chi connectivity index (χ2n) is 4.50. The van der Waals surface area contributed by atoms with Crippen molar-refractivity contribution >= 4 is 23.3 Å². The maximum atomic E-state index is 11.5. The summed E-state index contributed by atoms with van der Waals surface area (Å²) >= 11 is 1.56. The van der Waals surface area contributed by atoms with E-state index in [9.17, 15) is 4.79 Å². The number of nitrogens with one attached hydrogen (secondary N) is 1. The Morgan fingerprint density at radius 2 is 2.47 bits per heavy atom. The molecule has 1 heterocycles. The molecule has 1 aromatic heterocycles. The van der Waals surface area contributed by atoms with Crippen molar-refractivity contribution in [2.45, 2.75) is 19.8 Å². The molecule has 1 aromatic rings. The fraction of sp³-hybridized carbons (Fsp3) is 0.500. The predicted octanol–water partition coefficient (Wildman–Crippen LogP) is 1.35. The van der Waals surface area contributed by atoms with Gasteiger partial charge in [-0.25, -0.2) is 4.98 Å². The molecule has 1 fully saturated rings. The number of carbonyl (C=O) groups excluding carboxylic acids is 1. The van der Waals surface area contributed by atoms with Gasteiger partial charge in [-0.2, -0.15) is 0 Å². The van der Waals surface area contributed by atoms with E-state index in [0.717, 1.165) is 23.5 Å². The summed E-state index contributed by atoms with van der Waals surface area (Å²) in [6.45, 7) is 2.64. The van der Waals surface area contributed by atoms with Gasteiger partial charge in [0, 0.05) is 23.4 Å². The summed E-state index contributed by atoms with van der Waals surface area (Å²) in [7, 11) is 0. The van der Waals surface area contributed by atoms with Crippen molar-refractivity contribution in [2.75, 3.05) is 13.2 Å². The van der Waals surface area contributed by atoms with Gasteiger partial charge in [-0.15, -0.1) is 11.3 Å². The van der Waals surface area contributed by atoms with Crippen LogP contribution in [0.15, 0.2) is 11.5 Å². The quantitative estimate of drug-likeness (QED) is 0.778. The zero-order chi connectivity index (χ0) is 12.3. The molecular formula is C12H16N2O2S. The van der Waals surface area contributed by atoms with Crippen LogP contribution in [0.25, 0.3) is 6.08 Å². The van der Waals surface area contributed by atoms with Crippen molar-refractivity contribution < 1.29 is 9.90 Å². The standard InChI is InChI=1S/C12H16N2O2S/c1-9-14-10(6-17-9)2-3-11(16)13-7-12(8-15)4-5-12/h2-3,6,15H,4-5,7-8H2,1H3,(H,13,16)/b3-2+. The lowest BCUT2D eigenvalue weighted by atomic mass is 10.1. The first-order valence-electron chi connectivity index (χ1n) is 5.62. The minimum atomic E-state index is -0.129. The van der Waals surface area contributed by atoms with Crippen LogP contribution in [0.5, 0.6) is 0 Å². The molecule has 17 heavy (non-hydrogen) atoms. The van der Waals surface area contributed by atoms with E-state index < -0.39 is 0 Å². The summed E-state index contributed by atoms with van der Waals surface area (Å²) in [6.07, 6.45) is 5.19. The van der Waals surface area contributed by atoms with Gasteiger partial charge >= 0.3 is 0 Å². The molecule has 2 N–H and O–H groups in total. The zero-order valence-corrected chi connectivity index (χ0v) is 10.6. The zero-order valence-electron chi connectivity index (χ0n) is 9.77. The monoisotopic (exact) mass is 252 g/mol. The maximum Gasteiger partial charge on any atom is 0.244 e. The van der Waals surface area contributed by atoms with Gasteiger partial charge in [0.05, 0.1) is 17.3 Å². The molecule has 1 amide bonds. The second-order valence-corrected chi connectivity index (χ2v) is 5.56. The highest BCUT2D eigenvalue weighted by Crippen LogP contribution is 2.44. The van der Waals surface area contributed by atoms with Crippen molar-refractivity contribution in [3.8, 4) is 0 Å². The van der Waals surface area contributed by atoms with Crippen molar-refractivity contribution in [3.63, 3.8) is 0 Å². The fourth-order valence-corrected chi connectivity index (χ4v) is 2.10. The first-order valence-corrected chi connectivity index (χ1v) is 6.50. The minimum absolute atomic E-state index is 0.0410. The molecule has 0 saturated heterocycles. The number of thiazole rings is 1. The van der Waals surface area contributed by atoms with Crippen LogP contribution in [0.4, 0.5) is 0 Å². The number of nitrogens with zero attached hydrogens (tertiary/aromatic N) is 1. The van der Waals surface area contributed by atoms with E-state index in [-0.39, 0.29) is 17.9 Å². The predicted molar refractivity (Wildman–Crippen MR) is 67.6 cm³/mol. The van der Waals surface area contributed by atoms with Gasteiger partial charge in [-0.05, 0) is 25.8 Å². The molecule has 0 aromatic carbocycles. The van der Waals surface area contributed by atoms with E-state index in [1.807, 2.05) is 12.3 Å². The minimum Gasteiger partial charge on any atom is -0.396 e. The molecule has 0 atom stereocenters. The average molecular weight is 252 g/mol. The molecule has 0 spiro atoms. The van der Waals surface area contributed by atoms with Crippen LogP contribution < -0.4 is 5.32 Å². The van der Waals surface area contributed by atoms with E-state index in [2.05, 4.69) is 10.3 Å². The van der Waals surface area contributed by atoms with Gasteiger partial charge in [-0.3, -0.25) is 4.79 Å². The first kappa shape index (κ1) is 12.3. The van der Waals surface area contributed by atoms with E-state index in [1.54, 1.807) is 17.4 Å². The number of rotatable bonds is 5. The smallest absolute Gasteiger partial charge is 0.244 e. The Bertz CT molecular complexity index is 435. The molecule has 0 radical (unpaired) electrons. The Morgan fingerprint density at radius 3 is 3.00 bits per heavy atom. The molecule has 1 aliphatic carbocycles. The number of aliphatic hydroxyl groups is 1. The summed E-state index contributed by atoms with van der Waals surface area (Å²) in [5.74, 6) is -0.129. The van der Waals surface area contributed by atoms with Crippen molar-refractivity contribution in [1.29, 1.82) is 0 Å². The summed E-state index contributed by atoms with van der Waals surface area (Å²) in [5, 5.41) is 14.8. The molecule has 1 aliphatic rings. The maximum absolute atomic E-state index is 11.5. The average Bonchev–Trinajstić information content (AvgIpc) is 3.00. The van der Waals surface area contributed by atoms with Crippen molar-refractivity contribution in [2.24, 2.45) is 5.41 Å². The summed E-state index contributed by atoms with van der Waals surface area (Å²) in [4.78, 5) is 15.7. The Labute approximate surface area is 104 Å². The summed E-state index contributed by atoms with van der Waals surface area (Å²) < 4.78 is 0. The van der Waals surface area contributed by atoms with E-state index in [4.69, 9.17) is 5.11 Å². The normalized spacial score (nSPS) is 17.3. The SMILES string of the molecule is Cc1nc(/C=C/C(=O)NCC2(CO)CC2)cs1. The third-order valence-corrected chi connectivity index (χ3v) is 3.76. The van der Waals surface area contributed by atoms with Crippen LogP contribution >= 0.6 is 11.3 Å². The molecule has 1 saturated carbocycles. The number of carbonyl (C=O) groups is 1. The highest BCUT2D eigenvalue weighted by Gasteiger charge is 2.41. The lowest BCUT2D eigenvalue weighted by Gasteiger charge is -2.10. The fourth-order valence-electron chi connectivity index (χ4n) is 1.52. The Balaban J connectivity index is 1.79. The topological polar surface area (TPSA) is 62.2 Å². The van der Waals surface area contributed by atoms with E-state index >= 15 is 0 Å². The molecule has 0 aliphatic heterocycles. The summed E-state index contributed by atoms with van der Waals surface area (Å²) in [5.41, 5.74) is 0.770. The third kappa shape index (κ3) is 3.38.